The molecule has 24 heavy (non-hydrogen) atoms. The number of hydrogen-bond donors (Lipinski definition) is 3. The molecule has 0 atom stereocenters. The normalized spacial score (nSPS) is 12.5. The minimum absolute atomic E-state index is 0.260. The topological polar surface area (TPSA) is 85.8 Å². The number of ether oxygens (including phenoxy) is 2. The second-order valence-electron chi connectivity index (χ2n) is 5.30. The number of nitrogens with zero attached hydrogens (tertiary/aromatic N) is 1. The number of nitrogen functional groups attached to an aromatic ring is 1. The van der Waals surface area contributed by atoms with Gasteiger partial charge in [0, 0.05) is 31.4 Å². The lowest BCUT2D eigenvalue weighted by Gasteiger charge is -2.25. The molecule has 1 aromatic rings. The molecular weight excluding hydrogens is 311 g/mol. The fourth-order valence-corrected chi connectivity index (χ4v) is 2.24. The van der Waals surface area contributed by atoms with Gasteiger partial charge in [-0.3, -0.25) is 0 Å². The van der Waals surface area contributed by atoms with E-state index in [1.807, 2.05) is 31.0 Å². The molecule has 0 aliphatic heterocycles. The molecule has 0 saturated carbocycles. The van der Waals surface area contributed by atoms with Crippen molar-refractivity contribution in [2.75, 3.05) is 38.4 Å². The Labute approximate surface area is 142 Å². The maximum Gasteiger partial charge on any atom is 0.220 e. The Morgan fingerprint density at radius 3 is 2.58 bits per heavy atom. The highest BCUT2D eigenvalue weighted by atomic mass is 19.1. The zero-order valence-corrected chi connectivity index (χ0v) is 14.9. The maximum absolute atomic E-state index is 13.7. The minimum Gasteiger partial charge on any atom is -0.496 e. The lowest BCUT2D eigenvalue weighted by molar-refractivity contribution is 0.273. The second kappa shape index (κ2) is 8.90. The van der Waals surface area contributed by atoms with Gasteiger partial charge in [-0.15, -0.1) is 0 Å². The Hall–Kier alpha value is -2.57. The summed E-state index contributed by atoms with van der Waals surface area (Å²) in [6.07, 6.45) is 1.28. The second-order valence-corrected chi connectivity index (χ2v) is 5.30. The Morgan fingerprint density at radius 1 is 1.38 bits per heavy atom. The van der Waals surface area contributed by atoms with E-state index in [0.29, 0.717) is 23.7 Å². The van der Waals surface area contributed by atoms with Crippen molar-refractivity contribution in [1.82, 2.24) is 5.32 Å². The zero-order valence-electron chi connectivity index (χ0n) is 14.9. The van der Waals surface area contributed by atoms with Gasteiger partial charge < -0.3 is 31.2 Å². The molecule has 1 rings (SSSR count). The zero-order chi connectivity index (χ0) is 18.3. The fourth-order valence-electron chi connectivity index (χ4n) is 2.24. The Morgan fingerprint density at radius 2 is 2.04 bits per heavy atom. The number of anilines is 2. The van der Waals surface area contributed by atoms with Gasteiger partial charge in [0.25, 0.3) is 0 Å². The van der Waals surface area contributed by atoms with Crippen LogP contribution in [0.25, 0.3) is 0 Å². The van der Waals surface area contributed by atoms with E-state index in [1.54, 1.807) is 14.0 Å². The lowest BCUT2D eigenvalue weighted by Crippen LogP contribution is -2.22. The Bertz CT molecular complexity index is 629. The van der Waals surface area contributed by atoms with Crippen LogP contribution in [0.15, 0.2) is 35.6 Å². The highest BCUT2D eigenvalue weighted by Gasteiger charge is 2.15. The van der Waals surface area contributed by atoms with Crippen LogP contribution in [-0.2, 0) is 11.3 Å². The largest absolute Gasteiger partial charge is 0.496 e. The van der Waals surface area contributed by atoms with E-state index in [9.17, 15) is 4.39 Å². The number of rotatable bonds is 8. The number of allylic oxidation sites excluding steroid dienone is 3. The predicted molar refractivity (Wildman–Crippen MR) is 96.3 cm³/mol. The fraction of sp³-hybridized carbons (Fsp3) is 0.412. The van der Waals surface area contributed by atoms with Crippen LogP contribution >= 0.6 is 0 Å². The number of nitrogens with two attached hydrogens (primary N) is 2. The average Bonchev–Trinajstić information content (AvgIpc) is 2.58. The summed E-state index contributed by atoms with van der Waals surface area (Å²) in [6, 6.07) is 3.63. The summed E-state index contributed by atoms with van der Waals surface area (Å²) in [5.74, 6) is -0.177. The molecule has 0 unspecified atom stereocenters. The van der Waals surface area contributed by atoms with E-state index in [-0.39, 0.29) is 5.88 Å². The third kappa shape index (κ3) is 4.71. The molecule has 0 fully saturated rings. The molecule has 0 bridgehead atoms. The van der Waals surface area contributed by atoms with E-state index in [0.717, 1.165) is 17.8 Å². The van der Waals surface area contributed by atoms with Crippen molar-refractivity contribution in [3.63, 3.8) is 0 Å². The summed E-state index contributed by atoms with van der Waals surface area (Å²) in [4.78, 5) is 2.04. The van der Waals surface area contributed by atoms with E-state index in [4.69, 9.17) is 16.2 Å². The van der Waals surface area contributed by atoms with Crippen LogP contribution in [-0.4, -0.2) is 27.8 Å². The lowest BCUT2D eigenvalue weighted by atomic mass is 10.1. The van der Waals surface area contributed by atoms with Crippen LogP contribution in [0.3, 0.4) is 0 Å². The van der Waals surface area contributed by atoms with Crippen molar-refractivity contribution >= 4 is 11.4 Å². The standard InChI is InChI=1S/C17H27FN4O2/c1-6-22(3)16-12(15(23-4)8-7-14(16)19)10-21-11(2)9-13(18)17(20)24-5/h7-9,21H,6,10,19-20H2,1-5H3/b11-9+,17-13-. The summed E-state index contributed by atoms with van der Waals surface area (Å²) in [5.41, 5.74) is 14.6. The molecule has 0 heterocycles. The van der Waals surface area contributed by atoms with Crippen LogP contribution in [0.5, 0.6) is 5.75 Å². The first kappa shape index (κ1) is 19.5. The van der Waals surface area contributed by atoms with E-state index >= 15 is 0 Å². The summed E-state index contributed by atoms with van der Waals surface area (Å²) >= 11 is 0. The molecule has 0 amide bonds. The number of benzene rings is 1. The summed E-state index contributed by atoms with van der Waals surface area (Å²) in [5, 5.41) is 3.14. The molecule has 0 spiro atoms. The highest BCUT2D eigenvalue weighted by Crippen LogP contribution is 2.34. The van der Waals surface area contributed by atoms with E-state index < -0.39 is 5.83 Å². The third-order valence-electron chi connectivity index (χ3n) is 3.69. The first-order valence-electron chi connectivity index (χ1n) is 7.63. The SMILES string of the molecule is CCN(C)c1c(N)ccc(OC)c1CN/C(C)=C/C(F)=C(\N)OC. The first-order valence-corrected chi connectivity index (χ1v) is 7.63. The molecule has 0 radical (unpaired) electrons. The maximum atomic E-state index is 13.7. The van der Waals surface area contributed by atoms with Crippen molar-refractivity contribution in [3.05, 3.63) is 41.2 Å². The van der Waals surface area contributed by atoms with Gasteiger partial charge in [0.1, 0.15) is 5.75 Å². The van der Waals surface area contributed by atoms with Crippen LogP contribution in [0.2, 0.25) is 0 Å². The van der Waals surface area contributed by atoms with Gasteiger partial charge in [0.15, 0.2) is 5.83 Å². The van der Waals surface area contributed by atoms with Crippen molar-refractivity contribution in [1.29, 1.82) is 0 Å². The Kier molecular flexibility index (Phi) is 7.23. The van der Waals surface area contributed by atoms with Crippen molar-refractivity contribution in [3.8, 4) is 5.75 Å². The average molecular weight is 338 g/mol. The van der Waals surface area contributed by atoms with Gasteiger partial charge >= 0.3 is 0 Å². The Balaban J connectivity index is 3.10. The van der Waals surface area contributed by atoms with Crippen LogP contribution < -0.4 is 26.4 Å². The number of hydrogen-bond acceptors (Lipinski definition) is 6. The van der Waals surface area contributed by atoms with Crippen molar-refractivity contribution in [2.24, 2.45) is 5.73 Å². The molecule has 5 N–H and O–H groups in total. The number of nitrogens with one attached hydrogen (secondary N) is 1. The number of methoxy groups -OCH3 is 2. The van der Waals surface area contributed by atoms with E-state index in [1.165, 1.54) is 13.2 Å². The first-order chi connectivity index (χ1) is 11.3. The quantitative estimate of drug-likeness (QED) is 0.383. The summed E-state index contributed by atoms with van der Waals surface area (Å²) < 4.78 is 23.8. The third-order valence-corrected chi connectivity index (χ3v) is 3.69. The molecule has 1 aromatic carbocycles. The van der Waals surface area contributed by atoms with Crippen LogP contribution in [0, 0.1) is 0 Å². The summed E-state index contributed by atoms with van der Waals surface area (Å²) in [6.45, 7) is 5.00. The van der Waals surface area contributed by atoms with Crippen LogP contribution in [0.4, 0.5) is 15.8 Å². The minimum atomic E-state index is -0.632. The number of halogens is 1. The molecular formula is C17H27FN4O2. The van der Waals surface area contributed by atoms with Gasteiger partial charge in [0.05, 0.1) is 25.6 Å². The molecule has 0 aliphatic carbocycles. The van der Waals surface area contributed by atoms with Gasteiger partial charge in [0.2, 0.25) is 5.88 Å². The molecule has 7 heteroatoms. The highest BCUT2D eigenvalue weighted by molar-refractivity contribution is 5.74. The van der Waals surface area contributed by atoms with Crippen molar-refractivity contribution < 1.29 is 13.9 Å². The molecule has 0 aliphatic rings. The van der Waals surface area contributed by atoms with Gasteiger partial charge in [-0.25, -0.2) is 4.39 Å². The van der Waals surface area contributed by atoms with Crippen LogP contribution in [0.1, 0.15) is 19.4 Å². The molecule has 6 nitrogen and oxygen atoms in total. The van der Waals surface area contributed by atoms with Crippen molar-refractivity contribution in [2.45, 2.75) is 20.4 Å². The van der Waals surface area contributed by atoms with E-state index in [2.05, 4.69) is 10.1 Å². The van der Waals surface area contributed by atoms with Gasteiger partial charge in [-0.05, 0) is 32.1 Å². The van der Waals surface area contributed by atoms with Gasteiger partial charge in [-0.2, -0.15) is 0 Å². The smallest absolute Gasteiger partial charge is 0.220 e. The van der Waals surface area contributed by atoms with Gasteiger partial charge in [-0.1, -0.05) is 0 Å². The molecule has 0 aromatic heterocycles. The summed E-state index contributed by atoms with van der Waals surface area (Å²) in [7, 11) is 4.88. The monoisotopic (exact) mass is 338 g/mol. The predicted octanol–water partition coefficient (Wildman–Crippen LogP) is 2.47. The molecule has 134 valence electrons. The molecule has 0 saturated heterocycles.